The molecule has 4 atom stereocenters. The summed E-state index contributed by atoms with van der Waals surface area (Å²) in [6.45, 7) is 4.76. The van der Waals surface area contributed by atoms with Gasteiger partial charge in [-0.25, -0.2) is 10.1 Å². The number of hydrazine groups is 1. The molecule has 2 saturated heterocycles. The molecule has 1 aromatic carbocycles. The standard InChI is InChI=1S/C18H24N6O/c1-2-4-13(5-3-1)18-14(8-19-21-18)10-23-7-6-16-17(11-23)25-12-15-9-20-22-24(15)16/h1-5,9,14,16-19,21H,6-8,10-12H2/t14?,16-,17-,18?/m0/s1. The van der Waals surface area contributed by atoms with Gasteiger partial charge in [0.05, 0.1) is 36.7 Å². The second-order valence-corrected chi connectivity index (χ2v) is 7.31. The van der Waals surface area contributed by atoms with E-state index in [4.69, 9.17) is 4.74 Å². The Hall–Kier alpha value is -1.80. The molecule has 0 bridgehead atoms. The molecule has 2 aromatic rings. The second kappa shape index (κ2) is 6.49. The van der Waals surface area contributed by atoms with E-state index in [0.717, 1.165) is 38.3 Å². The Balaban J connectivity index is 1.25. The van der Waals surface area contributed by atoms with Crippen molar-refractivity contribution >= 4 is 0 Å². The van der Waals surface area contributed by atoms with Gasteiger partial charge in [0.25, 0.3) is 0 Å². The van der Waals surface area contributed by atoms with Crippen LogP contribution in [-0.2, 0) is 11.3 Å². The first-order valence-corrected chi connectivity index (χ1v) is 9.15. The summed E-state index contributed by atoms with van der Waals surface area (Å²) in [4.78, 5) is 2.55. The van der Waals surface area contributed by atoms with E-state index >= 15 is 0 Å². The van der Waals surface area contributed by atoms with Gasteiger partial charge < -0.3 is 9.64 Å². The van der Waals surface area contributed by atoms with Crippen LogP contribution in [0.15, 0.2) is 36.5 Å². The average molecular weight is 340 g/mol. The number of aromatic nitrogens is 3. The average Bonchev–Trinajstić information content (AvgIpc) is 3.31. The number of piperidine rings is 1. The summed E-state index contributed by atoms with van der Waals surface area (Å²) >= 11 is 0. The normalized spacial score (nSPS) is 32.3. The number of nitrogens with one attached hydrogen (secondary N) is 2. The lowest BCUT2D eigenvalue weighted by atomic mass is 9.92. The lowest BCUT2D eigenvalue weighted by molar-refractivity contribution is -0.0710. The topological polar surface area (TPSA) is 67.2 Å². The number of ether oxygens (including phenoxy) is 1. The molecule has 0 saturated carbocycles. The molecule has 2 N–H and O–H groups in total. The van der Waals surface area contributed by atoms with E-state index in [9.17, 15) is 0 Å². The summed E-state index contributed by atoms with van der Waals surface area (Å²) in [6, 6.07) is 11.4. The third kappa shape index (κ3) is 2.87. The zero-order valence-electron chi connectivity index (χ0n) is 14.2. The molecule has 7 heteroatoms. The van der Waals surface area contributed by atoms with Gasteiger partial charge in [0, 0.05) is 32.1 Å². The number of hydrogen-bond acceptors (Lipinski definition) is 6. The van der Waals surface area contributed by atoms with Crippen LogP contribution in [0.5, 0.6) is 0 Å². The molecule has 7 nitrogen and oxygen atoms in total. The minimum atomic E-state index is 0.223. The number of hydrogen-bond donors (Lipinski definition) is 2. The maximum absolute atomic E-state index is 6.10. The Labute approximate surface area is 147 Å². The van der Waals surface area contributed by atoms with Crippen LogP contribution in [0.25, 0.3) is 0 Å². The minimum Gasteiger partial charge on any atom is -0.368 e. The number of rotatable bonds is 3. The van der Waals surface area contributed by atoms with Crippen molar-refractivity contribution in [3.05, 3.63) is 47.8 Å². The molecule has 132 valence electrons. The van der Waals surface area contributed by atoms with E-state index < -0.39 is 0 Å². The zero-order chi connectivity index (χ0) is 16.6. The van der Waals surface area contributed by atoms with Crippen molar-refractivity contribution in [1.29, 1.82) is 0 Å². The van der Waals surface area contributed by atoms with Crippen molar-refractivity contribution in [3.8, 4) is 0 Å². The van der Waals surface area contributed by atoms with Gasteiger partial charge in [0.2, 0.25) is 0 Å². The van der Waals surface area contributed by atoms with Gasteiger partial charge in [-0.2, -0.15) is 0 Å². The van der Waals surface area contributed by atoms with Gasteiger partial charge in [-0.1, -0.05) is 35.5 Å². The summed E-state index contributed by atoms with van der Waals surface area (Å²) in [5, 5.41) is 8.31. The van der Waals surface area contributed by atoms with Gasteiger partial charge in [0.1, 0.15) is 0 Å². The fraction of sp³-hybridized carbons (Fsp3) is 0.556. The van der Waals surface area contributed by atoms with Crippen molar-refractivity contribution in [2.75, 3.05) is 26.2 Å². The third-order valence-corrected chi connectivity index (χ3v) is 5.76. The molecule has 5 rings (SSSR count). The molecule has 0 amide bonds. The van der Waals surface area contributed by atoms with Crippen LogP contribution in [-0.4, -0.2) is 52.2 Å². The first-order valence-electron chi connectivity index (χ1n) is 9.15. The molecule has 3 aliphatic rings. The SMILES string of the molecule is c1ccc(C2NNCC2CN2CC[C@H]3[C@H](C2)OCc2cnnn23)cc1. The lowest BCUT2D eigenvalue weighted by Crippen LogP contribution is -2.50. The van der Waals surface area contributed by atoms with E-state index in [1.807, 2.05) is 6.20 Å². The van der Waals surface area contributed by atoms with Crippen LogP contribution in [0.4, 0.5) is 0 Å². The summed E-state index contributed by atoms with van der Waals surface area (Å²) in [7, 11) is 0. The van der Waals surface area contributed by atoms with Gasteiger partial charge in [-0.05, 0) is 12.0 Å². The molecule has 2 unspecified atom stereocenters. The summed E-state index contributed by atoms with van der Waals surface area (Å²) in [5.41, 5.74) is 9.25. The summed E-state index contributed by atoms with van der Waals surface area (Å²) in [6.07, 6.45) is 3.12. The number of likely N-dealkylation sites (tertiary alicyclic amines) is 1. The highest BCUT2D eigenvalue weighted by Gasteiger charge is 2.38. The molecule has 0 aliphatic carbocycles. The zero-order valence-corrected chi connectivity index (χ0v) is 14.2. The largest absolute Gasteiger partial charge is 0.368 e. The fourth-order valence-electron chi connectivity index (χ4n) is 4.47. The highest BCUT2D eigenvalue weighted by molar-refractivity contribution is 5.20. The predicted octanol–water partition coefficient (Wildman–Crippen LogP) is 0.889. The first-order chi connectivity index (χ1) is 12.4. The van der Waals surface area contributed by atoms with Crippen LogP contribution in [0.3, 0.4) is 0 Å². The predicted molar refractivity (Wildman–Crippen MR) is 92.5 cm³/mol. The molecular formula is C18H24N6O. The Bertz CT molecular complexity index is 719. The number of benzene rings is 1. The van der Waals surface area contributed by atoms with Gasteiger partial charge in [-0.15, -0.1) is 5.10 Å². The lowest BCUT2D eigenvalue weighted by Gasteiger charge is -2.42. The minimum absolute atomic E-state index is 0.223. The van der Waals surface area contributed by atoms with E-state index in [1.54, 1.807) is 0 Å². The molecule has 1 aromatic heterocycles. The smallest absolute Gasteiger partial charge is 0.0932 e. The molecule has 25 heavy (non-hydrogen) atoms. The van der Waals surface area contributed by atoms with Crippen molar-refractivity contribution < 1.29 is 4.74 Å². The maximum atomic E-state index is 6.10. The molecule has 3 aliphatic heterocycles. The van der Waals surface area contributed by atoms with Crippen molar-refractivity contribution in [3.63, 3.8) is 0 Å². The van der Waals surface area contributed by atoms with E-state index in [1.165, 1.54) is 5.56 Å². The van der Waals surface area contributed by atoms with Crippen molar-refractivity contribution in [2.24, 2.45) is 5.92 Å². The Morgan fingerprint density at radius 2 is 2.16 bits per heavy atom. The highest BCUT2D eigenvalue weighted by Crippen LogP contribution is 2.32. The van der Waals surface area contributed by atoms with Crippen molar-refractivity contribution in [1.82, 2.24) is 30.7 Å². The molecule has 4 heterocycles. The van der Waals surface area contributed by atoms with Crippen LogP contribution in [0, 0.1) is 5.92 Å². The quantitative estimate of drug-likeness (QED) is 0.865. The highest BCUT2D eigenvalue weighted by atomic mass is 16.5. The van der Waals surface area contributed by atoms with Gasteiger partial charge in [0.15, 0.2) is 0 Å². The first kappa shape index (κ1) is 15.5. The number of nitrogens with zero attached hydrogens (tertiary/aromatic N) is 4. The Kier molecular flexibility index (Phi) is 4.01. The van der Waals surface area contributed by atoms with Crippen LogP contribution in [0.2, 0.25) is 0 Å². The maximum Gasteiger partial charge on any atom is 0.0932 e. The van der Waals surface area contributed by atoms with E-state index in [-0.39, 0.29) is 6.10 Å². The van der Waals surface area contributed by atoms with Crippen LogP contribution < -0.4 is 10.9 Å². The molecule has 0 spiro atoms. The Morgan fingerprint density at radius 1 is 1.24 bits per heavy atom. The van der Waals surface area contributed by atoms with E-state index in [0.29, 0.717) is 24.6 Å². The van der Waals surface area contributed by atoms with Crippen LogP contribution >= 0.6 is 0 Å². The van der Waals surface area contributed by atoms with Gasteiger partial charge in [-0.3, -0.25) is 5.43 Å². The summed E-state index contributed by atoms with van der Waals surface area (Å²) in [5.74, 6) is 0.560. The third-order valence-electron chi connectivity index (χ3n) is 5.76. The number of fused-ring (bicyclic) bond motifs is 3. The van der Waals surface area contributed by atoms with Crippen LogP contribution in [0.1, 0.15) is 29.8 Å². The molecule has 2 fully saturated rings. The fourth-order valence-corrected chi connectivity index (χ4v) is 4.47. The van der Waals surface area contributed by atoms with Gasteiger partial charge >= 0.3 is 0 Å². The van der Waals surface area contributed by atoms with Crippen molar-refractivity contribution in [2.45, 2.75) is 31.2 Å². The molecular weight excluding hydrogens is 316 g/mol. The second-order valence-electron chi connectivity index (χ2n) is 7.31. The monoisotopic (exact) mass is 340 g/mol. The Morgan fingerprint density at radius 3 is 3.08 bits per heavy atom. The van der Waals surface area contributed by atoms with E-state index in [2.05, 4.69) is 61.1 Å². The summed E-state index contributed by atoms with van der Waals surface area (Å²) < 4.78 is 8.18. The molecule has 0 radical (unpaired) electrons.